The predicted octanol–water partition coefficient (Wildman–Crippen LogP) is 3.84. The molecule has 1 unspecified atom stereocenters. The van der Waals surface area contributed by atoms with Crippen LogP contribution in [0.2, 0.25) is 0 Å². The van der Waals surface area contributed by atoms with E-state index in [1.807, 2.05) is 26.1 Å². The van der Waals surface area contributed by atoms with E-state index in [9.17, 15) is 8.78 Å². The van der Waals surface area contributed by atoms with Crippen molar-refractivity contribution >= 4 is 0 Å². The van der Waals surface area contributed by atoms with Gasteiger partial charge >= 0.3 is 6.61 Å². The normalized spacial score (nSPS) is 12.4. The molecule has 0 fully saturated rings. The van der Waals surface area contributed by atoms with Crippen molar-refractivity contribution in [1.29, 1.82) is 0 Å². The van der Waals surface area contributed by atoms with Crippen LogP contribution in [-0.4, -0.2) is 11.6 Å². The number of aromatic nitrogens is 1. The molecule has 0 bridgehead atoms. The minimum Gasteiger partial charge on any atom is -0.435 e. The number of alkyl halides is 2. The van der Waals surface area contributed by atoms with E-state index in [0.717, 1.165) is 11.1 Å². The Kier molecular flexibility index (Phi) is 5.22. The summed E-state index contributed by atoms with van der Waals surface area (Å²) >= 11 is 0. The summed E-state index contributed by atoms with van der Waals surface area (Å²) in [5.41, 5.74) is 3.34. The monoisotopic (exact) mass is 292 g/mol. The first kappa shape index (κ1) is 15.4. The van der Waals surface area contributed by atoms with Gasteiger partial charge in [0.2, 0.25) is 0 Å². The smallest absolute Gasteiger partial charge is 0.387 e. The van der Waals surface area contributed by atoms with Crippen molar-refractivity contribution in [2.75, 3.05) is 0 Å². The highest BCUT2D eigenvalue weighted by molar-refractivity contribution is 5.29. The topological polar surface area (TPSA) is 34.2 Å². The fourth-order valence-electron chi connectivity index (χ4n) is 2.00. The van der Waals surface area contributed by atoms with E-state index < -0.39 is 6.61 Å². The molecule has 0 spiro atoms. The van der Waals surface area contributed by atoms with Crippen LogP contribution in [0.15, 0.2) is 42.7 Å². The van der Waals surface area contributed by atoms with Crippen molar-refractivity contribution in [3.8, 4) is 5.75 Å². The fourth-order valence-corrected chi connectivity index (χ4v) is 2.00. The molecule has 1 aromatic heterocycles. The zero-order valence-electron chi connectivity index (χ0n) is 12.0. The molecule has 2 rings (SSSR count). The van der Waals surface area contributed by atoms with E-state index in [2.05, 4.69) is 15.0 Å². The molecule has 0 aliphatic rings. The third-order valence-corrected chi connectivity index (χ3v) is 3.35. The maximum absolute atomic E-state index is 12.1. The highest BCUT2D eigenvalue weighted by Gasteiger charge is 2.08. The number of hydrogen-bond donors (Lipinski definition) is 1. The number of benzene rings is 1. The summed E-state index contributed by atoms with van der Waals surface area (Å²) in [6.07, 6.45) is 3.61. The minimum absolute atomic E-state index is 0.102. The zero-order valence-corrected chi connectivity index (χ0v) is 12.0. The summed E-state index contributed by atoms with van der Waals surface area (Å²) < 4.78 is 28.5. The Morgan fingerprint density at radius 2 is 1.90 bits per heavy atom. The summed E-state index contributed by atoms with van der Waals surface area (Å²) in [6, 6.07) is 8.74. The fraction of sp³-hybridized carbons (Fsp3) is 0.312. The molecule has 0 saturated carbocycles. The van der Waals surface area contributed by atoms with E-state index in [1.54, 1.807) is 30.5 Å². The average Bonchev–Trinajstić information content (AvgIpc) is 2.46. The highest BCUT2D eigenvalue weighted by Crippen LogP contribution is 2.19. The lowest BCUT2D eigenvalue weighted by atomic mass is 10.1. The molecule has 112 valence electrons. The lowest BCUT2D eigenvalue weighted by Crippen LogP contribution is -2.18. The summed E-state index contributed by atoms with van der Waals surface area (Å²) in [5, 5.41) is 3.39. The Morgan fingerprint density at radius 1 is 1.19 bits per heavy atom. The molecule has 1 aromatic carbocycles. The third-order valence-electron chi connectivity index (χ3n) is 3.35. The third kappa shape index (κ3) is 4.49. The lowest BCUT2D eigenvalue weighted by Gasteiger charge is -2.15. The van der Waals surface area contributed by atoms with Crippen LogP contribution >= 0.6 is 0 Å². The van der Waals surface area contributed by atoms with Gasteiger partial charge in [-0.15, -0.1) is 0 Å². The van der Waals surface area contributed by atoms with Gasteiger partial charge in [0.25, 0.3) is 0 Å². The number of nitrogens with zero attached hydrogens (tertiary/aromatic N) is 1. The van der Waals surface area contributed by atoms with Crippen molar-refractivity contribution in [1.82, 2.24) is 10.3 Å². The van der Waals surface area contributed by atoms with E-state index >= 15 is 0 Å². The van der Waals surface area contributed by atoms with Crippen LogP contribution < -0.4 is 10.1 Å². The van der Waals surface area contributed by atoms with Crippen LogP contribution in [0, 0.1) is 6.92 Å². The second-order valence-electron chi connectivity index (χ2n) is 4.85. The Labute approximate surface area is 123 Å². The van der Waals surface area contributed by atoms with Crippen molar-refractivity contribution in [3.05, 3.63) is 59.4 Å². The van der Waals surface area contributed by atoms with Crippen molar-refractivity contribution in [2.24, 2.45) is 0 Å². The molecule has 1 heterocycles. The van der Waals surface area contributed by atoms with Gasteiger partial charge in [0.15, 0.2) is 0 Å². The summed E-state index contributed by atoms with van der Waals surface area (Å²) in [4.78, 5) is 4.11. The molecule has 0 saturated heterocycles. The standard InChI is InChI=1S/C16H18F2N2O/c1-11-7-8-19-9-14(11)10-20-12(2)13-3-5-15(6-4-13)21-16(17)18/h3-9,12,16,20H,10H2,1-2H3. The van der Waals surface area contributed by atoms with Crippen LogP contribution in [0.4, 0.5) is 8.78 Å². The molecule has 0 aliphatic carbocycles. The quantitative estimate of drug-likeness (QED) is 0.878. The SMILES string of the molecule is Cc1ccncc1CNC(C)c1ccc(OC(F)F)cc1. The first-order chi connectivity index (χ1) is 10.1. The molecule has 0 aliphatic heterocycles. The number of hydrogen-bond acceptors (Lipinski definition) is 3. The number of nitrogens with one attached hydrogen (secondary N) is 1. The molecule has 0 radical (unpaired) electrons. The first-order valence-corrected chi connectivity index (χ1v) is 6.74. The van der Waals surface area contributed by atoms with E-state index in [1.165, 1.54) is 5.56 Å². The van der Waals surface area contributed by atoms with E-state index in [0.29, 0.717) is 6.54 Å². The average molecular weight is 292 g/mol. The van der Waals surface area contributed by atoms with Gasteiger partial charge in [0.05, 0.1) is 0 Å². The maximum Gasteiger partial charge on any atom is 0.387 e. The molecular weight excluding hydrogens is 274 g/mol. The van der Waals surface area contributed by atoms with E-state index in [4.69, 9.17) is 0 Å². The zero-order chi connectivity index (χ0) is 15.2. The van der Waals surface area contributed by atoms with Gasteiger partial charge in [-0.3, -0.25) is 4.98 Å². The maximum atomic E-state index is 12.1. The highest BCUT2D eigenvalue weighted by atomic mass is 19.3. The molecular formula is C16H18F2N2O. The van der Waals surface area contributed by atoms with E-state index in [-0.39, 0.29) is 11.8 Å². The molecule has 0 amide bonds. The molecule has 2 aromatic rings. The van der Waals surface area contributed by atoms with Crippen molar-refractivity contribution < 1.29 is 13.5 Å². The molecule has 3 nitrogen and oxygen atoms in total. The van der Waals surface area contributed by atoms with Crippen LogP contribution in [0.25, 0.3) is 0 Å². The van der Waals surface area contributed by atoms with Gasteiger partial charge in [0, 0.05) is 25.0 Å². The van der Waals surface area contributed by atoms with Crippen molar-refractivity contribution in [2.45, 2.75) is 33.0 Å². The number of rotatable bonds is 6. The van der Waals surface area contributed by atoms with Gasteiger partial charge in [0.1, 0.15) is 5.75 Å². The number of ether oxygens (including phenoxy) is 1. The second kappa shape index (κ2) is 7.13. The summed E-state index contributed by atoms with van der Waals surface area (Å²) in [7, 11) is 0. The Morgan fingerprint density at radius 3 is 2.52 bits per heavy atom. The largest absolute Gasteiger partial charge is 0.435 e. The van der Waals surface area contributed by atoms with Crippen LogP contribution in [-0.2, 0) is 6.54 Å². The predicted molar refractivity (Wildman–Crippen MR) is 77.3 cm³/mol. The van der Waals surface area contributed by atoms with Crippen LogP contribution in [0.3, 0.4) is 0 Å². The van der Waals surface area contributed by atoms with Gasteiger partial charge in [-0.1, -0.05) is 12.1 Å². The van der Waals surface area contributed by atoms with Gasteiger partial charge < -0.3 is 10.1 Å². The number of aryl methyl sites for hydroxylation is 1. The summed E-state index contributed by atoms with van der Waals surface area (Å²) in [6.45, 7) is 1.98. The van der Waals surface area contributed by atoms with Crippen molar-refractivity contribution in [3.63, 3.8) is 0 Å². The van der Waals surface area contributed by atoms with Gasteiger partial charge in [-0.2, -0.15) is 8.78 Å². The Hall–Kier alpha value is -2.01. The van der Waals surface area contributed by atoms with Gasteiger partial charge in [-0.25, -0.2) is 0 Å². The number of pyridine rings is 1. The number of halogens is 2. The van der Waals surface area contributed by atoms with Crippen LogP contribution in [0.1, 0.15) is 29.7 Å². The summed E-state index contributed by atoms with van der Waals surface area (Å²) in [5.74, 6) is 0.170. The second-order valence-corrected chi connectivity index (χ2v) is 4.85. The molecule has 21 heavy (non-hydrogen) atoms. The Balaban J connectivity index is 1.94. The molecule has 1 N–H and O–H groups in total. The molecule has 5 heteroatoms. The first-order valence-electron chi connectivity index (χ1n) is 6.74. The van der Waals surface area contributed by atoms with Gasteiger partial charge in [-0.05, 0) is 48.7 Å². The van der Waals surface area contributed by atoms with Crippen LogP contribution in [0.5, 0.6) is 5.75 Å². The lowest BCUT2D eigenvalue weighted by molar-refractivity contribution is -0.0498. The molecule has 1 atom stereocenters. The minimum atomic E-state index is -2.79. The Bertz CT molecular complexity index is 573.